The van der Waals surface area contributed by atoms with Gasteiger partial charge in [-0.1, -0.05) is 12.1 Å². The molecule has 2 N–H and O–H groups in total. The van der Waals surface area contributed by atoms with Gasteiger partial charge in [-0.05, 0) is 30.2 Å². The fourth-order valence-electron chi connectivity index (χ4n) is 2.22. The summed E-state index contributed by atoms with van der Waals surface area (Å²) in [6.45, 7) is 3.50. The molecule has 1 aromatic carbocycles. The second-order valence-corrected chi connectivity index (χ2v) is 5.43. The summed E-state index contributed by atoms with van der Waals surface area (Å²) < 4.78 is 12.2. The van der Waals surface area contributed by atoms with Crippen molar-refractivity contribution in [1.29, 1.82) is 0 Å². The first-order valence-corrected chi connectivity index (χ1v) is 8.43. The van der Waals surface area contributed by atoms with Gasteiger partial charge in [-0.15, -0.1) is 0 Å². The standard InChI is InChI=1S/C18H27N5O2/c1-19-18(20-9-4-12-25-14-13-24-2)21-15-16-5-7-17(8-6-16)23-11-3-10-22-23/h3,5-8,10-11H,4,9,12-15H2,1-2H3,(H2,19,20,21). The highest BCUT2D eigenvalue weighted by molar-refractivity contribution is 5.79. The Kier molecular flexibility index (Phi) is 8.51. The van der Waals surface area contributed by atoms with Gasteiger partial charge in [0, 0.05) is 46.2 Å². The minimum atomic E-state index is 0.635. The van der Waals surface area contributed by atoms with Crippen LogP contribution in [0.15, 0.2) is 47.7 Å². The van der Waals surface area contributed by atoms with Gasteiger partial charge in [0.2, 0.25) is 0 Å². The molecule has 1 aromatic heterocycles. The highest BCUT2D eigenvalue weighted by Crippen LogP contribution is 2.08. The molecule has 0 aliphatic carbocycles. The Morgan fingerprint density at radius 2 is 2.00 bits per heavy atom. The van der Waals surface area contributed by atoms with E-state index in [1.54, 1.807) is 20.4 Å². The molecule has 25 heavy (non-hydrogen) atoms. The van der Waals surface area contributed by atoms with E-state index in [1.165, 1.54) is 5.56 Å². The van der Waals surface area contributed by atoms with Crippen molar-refractivity contribution < 1.29 is 9.47 Å². The summed E-state index contributed by atoms with van der Waals surface area (Å²) in [6, 6.07) is 10.2. The number of ether oxygens (including phenoxy) is 2. The van der Waals surface area contributed by atoms with Crippen molar-refractivity contribution in [2.24, 2.45) is 4.99 Å². The largest absolute Gasteiger partial charge is 0.382 e. The maximum Gasteiger partial charge on any atom is 0.191 e. The molecule has 2 aromatic rings. The van der Waals surface area contributed by atoms with Gasteiger partial charge in [0.1, 0.15) is 0 Å². The van der Waals surface area contributed by atoms with Crippen LogP contribution in [0, 0.1) is 0 Å². The minimum Gasteiger partial charge on any atom is -0.382 e. The lowest BCUT2D eigenvalue weighted by atomic mass is 10.2. The van der Waals surface area contributed by atoms with E-state index < -0.39 is 0 Å². The normalized spacial score (nSPS) is 11.5. The average molecular weight is 345 g/mol. The first kappa shape index (κ1) is 19.0. The van der Waals surface area contributed by atoms with Crippen LogP contribution in [0.3, 0.4) is 0 Å². The van der Waals surface area contributed by atoms with Crippen LogP contribution >= 0.6 is 0 Å². The van der Waals surface area contributed by atoms with Crippen LogP contribution in [-0.4, -0.2) is 56.3 Å². The average Bonchev–Trinajstić information content (AvgIpc) is 3.18. The number of hydrogen-bond donors (Lipinski definition) is 2. The monoisotopic (exact) mass is 345 g/mol. The Labute approximate surface area is 149 Å². The number of rotatable bonds is 10. The molecule has 0 radical (unpaired) electrons. The molecule has 0 aliphatic rings. The first-order valence-electron chi connectivity index (χ1n) is 8.43. The third-order valence-corrected chi connectivity index (χ3v) is 3.58. The maximum atomic E-state index is 5.43. The molecule has 0 unspecified atom stereocenters. The van der Waals surface area contributed by atoms with E-state index in [4.69, 9.17) is 9.47 Å². The second-order valence-electron chi connectivity index (χ2n) is 5.43. The predicted molar refractivity (Wildman–Crippen MR) is 99.1 cm³/mol. The predicted octanol–water partition coefficient (Wildman–Crippen LogP) is 1.59. The van der Waals surface area contributed by atoms with Crippen LogP contribution in [0.4, 0.5) is 0 Å². The third kappa shape index (κ3) is 6.94. The van der Waals surface area contributed by atoms with Crippen LogP contribution in [-0.2, 0) is 16.0 Å². The smallest absolute Gasteiger partial charge is 0.191 e. The lowest BCUT2D eigenvalue weighted by Gasteiger charge is -2.12. The van der Waals surface area contributed by atoms with Gasteiger partial charge in [0.05, 0.1) is 18.9 Å². The Morgan fingerprint density at radius 3 is 2.68 bits per heavy atom. The molecule has 7 heteroatoms. The van der Waals surface area contributed by atoms with Crippen molar-refractivity contribution in [3.05, 3.63) is 48.3 Å². The molecule has 0 saturated heterocycles. The van der Waals surface area contributed by atoms with Gasteiger partial charge in [0.15, 0.2) is 5.96 Å². The Balaban J connectivity index is 1.66. The molecule has 0 amide bonds. The van der Waals surface area contributed by atoms with Crippen LogP contribution < -0.4 is 10.6 Å². The summed E-state index contributed by atoms with van der Waals surface area (Å²) in [6.07, 6.45) is 4.62. The summed E-state index contributed by atoms with van der Waals surface area (Å²) >= 11 is 0. The van der Waals surface area contributed by atoms with Gasteiger partial charge in [0.25, 0.3) is 0 Å². The summed E-state index contributed by atoms with van der Waals surface area (Å²) in [7, 11) is 3.44. The van der Waals surface area contributed by atoms with Crippen molar-refractivity contribution in [1.82, 2.24) is 20.4 Å². The van der Waals surface area contributed by atoms with Gasteiger partial charge in [-0.2, -0.15) is 5.10 Å². The van der Waals surface area contributed by atoms with E-state index in [9.17, 15) is 0 Å². The zero-order valence-corrected chi connectivity index (χ0v) is 14.9. The molecule has 0 spiro atoms. The molecule has 136 valence electrons. The number of guanidine groups is 1. The molecule has 7 nitrogen and oxygen atoms in total. The van der Waals surface area contributed by atoms with Gasteiger partial charge in [-0.3, -0.25) is 4.99 Å². The van der Waals surface area contributed by atoms with Gasteiger partial charge >= 0.3 is 0 Å². The molecular weight excluding hydrogens is 318 g/mol. The second kappa shape index (κ2) is 11.2. The first-order chi connectivity index (χ1) is 12.3. The SMILES string of the molecule is CN=C(NCCCOCCOC)NCc1ccc(-n2cccn2)cc1. The Morgan fingerprint density at radius 1 is 1.16 bits per heavy atom. The molecule has 0 aliphatic heterocycles. The fourth-order valence-corrected chi connectivity index (χ4v) is 2.22. The van der Waals surface area contributed by atoms with Gasteiger partial charge < -0.3 is 20.1 Å². The van der Waals surface area contributed by atoms with Gasteiger partial charge in [-0.25, -0.2) is 4.68 Å². The van der Waals surface area contributed by atoms with E-state index in [0.29, 0.717) is 26.4 Å². The van der Waals surface area contributed by atoms with Crippen LogP contribution in [0.25, 0.3) is 5.69 Å². The summed E-state index contributed by atoms with van der Waals surface area (Å²) in [5.74, 6) is 0.785. The molecule has 0 saturated carbocycles. The summed E-state index contributed by atoms with van der Waals surface area (Å²) in [5, 5.41) is 10.8. The summed E-state index contributed by atoms with van der Waals surface area (Å²) in [4.78, 5) is 4.23. The molecule has 1 heterocycles. The van der Waals surface area contributed by atoms with Crippen LogP contribution in [0.2, 0.25) is 0 Å². The van der Waals surface area contributed by atoms with E-state index >= 15 is 0 Å². The van der Waals surface area contributed by atoms with Crippen LogP contribution in [0.5, 0.6) is 0 Å². The number of aliphatic imine (C=N–C) groups is 1. The number of aromatic nitrogens is 2. The van der Waals surface area contributed by atoms with E-state index in [1.807, 2.05) is 16.9 Å². The third-order valence-electron chi connectivity index (χ3n) is 3.58. The van der Waals surface area contributed by atoms with Crippen molar-refractivity contribution in [2.45, 2.75) is 13.0 Å². The lowest BCUT2D eigenvalue weighted by Crippen LogP contribution is -2.37. The maximum absolute atomic E-state index is 5.43. The molecule has 0 fully saturated rings. The molecule has 2 rings (SSSR count). The highest BCUT2D eigenvalue weighted by Gasteiger charge is 2.00. The molecule has 0 bridgehead atoms. The zero-order chi connectivity index (χ0) is 17.7. The number of methoxy groups -OCH3 is 1. The van der Waals surface area contributed by atoms with E-state index in [0.717, 1.165) is 24.6 Å². The number of nitrogens with zero attached hydrogens (tertiary/aromatic N) is 3. The fraction of sp³-hybridized carbons (Fsp3) is 0.444. The topological polar surface area (TPSA) is 72.7 Å². The number of hydrogen-bond acceptors (Lipinski definition) is 4. The highest BCUT2D eigenvalue weighted by atomic mass is 16.5. The van der Waals surface area contributed by atoms with Crippen molar-refractivity contribution in [3.63, 3.8) is 0 Å². The Hall–Kier alpha value is -2.38. The van der Waals surface area contributed by atoms with Crippen LogP contribution in [0.1, 0.15) is 12.0 Å². The van der Waals surface area contributed by atoms with Crippen molar-refractivity contribution in [3.8, 4) is 5.69 Å². The summed E-state index contributed by atoms with van der Waals surface area (Å²) in [5.41, 5.74) is 2.23. The van der Waals surface area contributed by atoms with Crippen molar-refractivity contribution in [2.75, 3.05) is 40.5 Å². The molecular formula is C18H27N5O2. The number of nitrogens with one attached hydrogen (secondary N) is 2. The lowest BCUT2D eigenvalue weighted by molar-refractivity contribution is 0.0698. The van der Waals surface area contributed by atoms with Crippen molar-refractivity contribution >= 4 is 5.96 Å². The Bertz CT molecular complexity index is 611. The van der Waals surface area contributed by atoms with E-state index in [2.05, 4.69) is 45.0 Å². The number of benzene rings is 1. The minimum absolute atomic E-state index is 0.635. The quantitative estimate of drug-likeness (QED) is 0.389. The zero-order valence-electron chi connectivity index (χ0n) is 14.9. The molecule has 0 atom stereocenters. The van der Waals surface area contributed by atoms with E-state index in [-0.39, 0.29) is 0 Å².